The summed E-state index contributed by atoms with van der Waals surface area (Å²) in [5, 5.41) is 8.67. The summed E-state index contributed by atoms with van der Waals surface area (Å²) in [7, 11) is -4.63. The molecule has 0 bridgehead atoms. The van der Waals surface area contributed by atoms with Crippen molar-refractivity contribution in [2.24, 2.45) is 0 Å². The molecule has 0 radical (unpaired) electrons. The van der Waals surface area contributed by atoms with Crippen LogP contribution in [0.3, 0.4) is 0 Å². The summed E-state index contributed by atoms with van der Waals surface area (Å²) in [6.45, 7) is 0.242. The summed E-state index contributed by atoms with van der Waals surface area (Å²) < 4.78 is 63.6. The SMILES string of the molecule is CC(NS(=O)(=O)c1ccc(Br)cc1)(C(=O)O)C(F)(F)F. The Morgan fingerprint density at radius 1 is 1.25 bits per heavy atom. The van der Waals surface area contributed by atoms with Gasteiger partial charge in [-0.2, -0.15) is 17.9 Å². The Morgan fingerprint density at radius 3 is 2.05 bits per heavy atom. The van der Waals surface area contributed by atoms with Crippen LogP contribution < -0.4 is 4.72 Å². The highest BCUT2D eigenvalue weighted by Gasteiger charge is 2.59. The number of aliphatic carboxylic acids is 1. The first-order chi connectivity index (χ1) is 8.90. The topological polar surface area (TPSA) is 83.5 Å². The van der Waals surface area contributed by atoms with Crippen molar-refractivity contribution in [2.75, 3.05) is 0 Å². The number of nitrogens with one attached hydrogen (secondary N) is 1. The fourth-order valence-corrected chi connectivity index (χ4v) is 2.78. The second kappa shape index (κ2) is 5.34. The molecule has 0 fully saturated rings. The zero-order chi connectivity index (χ0) is 15.8. The minimum absolute atomic E-state index is 0.242. The smallest absolute Gasteiger partial charge is 0.418 e. The number of carbonyl (C=O) groups is 1. The first-order valence-corrected chi connectivity index (χ1v) is 7.27. The fraction of sp³-hybridized carbons (Fsp3) is 0.300. The van der Waals surface area contributed by atoms with E-state index in [9.17, 15) is 26.4 Å². The van der Waals surface area contributed by atoms with Crippen molar-refractivity contribution < 1.29 is 31.5 Å². The molecule has 1 aromatic rings. The number of rotatable bonds is 4. The van der Waals surface area contributed by atoms with Gasteiger partial charge in [-0.25, -0.2) is 13.2 Å². The van der Waals surface area contributed by atoms with Crippen LogP contribution in [0.15, 0.2) is 33.6 Å². The van der Waals surface area contributed by atoms with E-state index in [0.717, 1.165) is 12.1 Å². The standard InChI is InChI=1S/C10H9BrF3NO4S/c1-9(8(16)17,10(12,13)14)15-20(18,19)7-4-2-6(11)3-5-7/h2-5,15H,1H3,(H,16,17). The maximum atomic E-state index is 12.7. The molecule has 0 aliphatic heterocycles. The average Bonchev–Trinajstić information content (AvgIpc) is 2.27. The van der Waals surface area contributed by atoms with E-state index in [2.05, 4.69) is 15.9 Å². The first kappa shape index (κ1) is 16.9. The van der Waals surface area contributed by atoms with Crippen LogP contribution in [0, 0.1) is 0 Å². The van der Waals surface area contributed by atoms with E-state index in [1.54, 1.807) is 0 Å². The molecule has 0 spiro atoms. The van der Waals surface area contributed by atoms with Gasteiger partial charge in [0.2, 0.25) is 15.6 Å². The first-order valence-electron chi connectivity index (χ1n) is 5.00. The van der Waals surface area contributed by atoms with Gasteiger partial charge in [-0.1, -0.05) is 15.9 Å². The monoisotopic (exact) mass is 375 g/mol. The Bertz CT molecular complexity index is 614. The molecule has 1 atom stereocenters. The highest BCUT2D eigenvalue weighted by atomic mass is 79.9. The second-order valence-corrected chi connectivity index (χ2v) is 6.59. The van der Waals surface area contributed by atoms with Gasteiger partial charge in [-0.15, -0.1) is 0 Å². The molecule has 0 aromatic heterocycles. The van der Waals surface area contributed by atoms with E-state index in [0.29, 0.717) is 4.47 Å². The minimum Gasteiger partial charge on any atom is -0.480 e. The summed E-state index contributed by atoms with van der Waals surface area (Å²) >= 11 is 3.04. The van der Waals surface area contributed by atoms with E-state index < -0.39 is 32.6 Å². The molecule has 1 aromatic carbocycles. The lowest BCUT2D eigenvalue weighted by Gasteiger charge is -2.28. The maximum Gasteiger partial charge on any atom is 0.418 e. The molecular weight excluding hydrogens is 367 g/mol. The second-order valence-electron chi connectivity index (χ2n) is 3.99. The number of halogens is 4. The lowest BCUT2D eigenvalue weighted by Crippen LogP contribution is -2.61. The molecule has 0 heterocycles. The van der Waals surface area contributed by atoms with Crippen molar-refractivity contribution in [3.63, 3.8) is 0 Å². The number of carboxylic acids is 1. The molecule has 1 unspecified atom stereocenters. The lowest BCUT2D eigenvalue weighted by atomic mass is 10.0. The Hall–Kier alpha value is -1.13. The van der Waals surface area contributed by atoms with E-state index >= 15 is 0 Å². The third-order valence-corrected chi connectivity index (χ3v) is 4.56. The van der Waals surface area contributed by atoms with Gasteiger partial charge in [-0.05, 0) is 31.2 Å². The molecule has 0 saturated heterocycles. The highest BCUT2D eigenvalue weighted by Crippen LogP contribution is 2.32. The molecule has 2 N–H and O–H groups in total. The number of hydrogen-bond acceptors (Lipinski definition) is 3. The molecule has 0 saturated carbocycles. The molecule has 0 aliphatic carbocycles. The van der Waals surface area contributed by atoms with Crippen molar-refractivity contribution >= 4 is 31.9 Å². The van der Waals surface area contributed by atoms with E-state index in [1.165, 1.54) is 16.9 Å². The third kappa shape index (κ3) is 3.30. The van der Waals surface area contributed by atoms with Crippen molar-refractivity contribution in [3.8, 4) is 0 Å². The normalized spacial score (nSPS) is 15.7. The van der Waals surface area contributed by atoms with Crippen molar-refractivity contribution in [1.29, 1.82) is 0 Å². The Morgan fingerprint density at radius 2 is 1.70 bits per heavy atom. The van der Waals surface area contributed by atoms with E-state index in [4.69, 9.17) is 5.11 Å². The van der Waals surface area contributed by atoms with Gasteiger partial charge in [0.05, 0.1) is 4.90 Å². The maximum absolute atomic E-state index is 12.7. The number of sulfonamides is 1. The Kier molecular flexibility index (Phi) is 4.52. The van der Waals surface area contributed by atoms with Crippen molar-refractivity contribution in [2.45, 2.75) is 23.5 Å². The van der Waals surface area contributed by atoms with Crippen LogP contribution >= 0.6 is 15.9 Å². The Labute approximate surface area is 121 Å². The van der Waals surface area contributed by atoms with Crippen LogP contribution in [0.5, 0.6) is 0 Å². The highest BCUT2D eigenvalue weighted by molar-refractivity contribution is 9.10. The number of benzene rings is 1. The summed E-state index contributed by atoms with van der Waals surface area (Å²) in [6, 6.07) is 4.71. The minimum atomic E-state index is -5.29. The van der Waals surface area contributed by atoms with Crippen LogP contribution in [0.4, 0.5) is 13.2 Å². The fourth-order valence-electron chi connectivity index (χ4n) is 1.16. The van der Waals surface area contributed by atoms with Gasteiger partial charge in [0.25, 0.3) is 0 Å². The summed E-state index contributed by atoms with van der Waals surface area (Å²) in [5.41, 5.74) is -3.61. The van der Waals surface area contributed by atoms with Gasteiger partial charge < -0.3 is 5.11 Å². The van der Waals surface area contributed by atoms with Crippen LogP contribution in [-0.4, -0.2) is 31.2 Å². The van der Waals surface area contributed by atoms with Crippen LogP contribution in [0.1, 0.15) is 6.92 Å². The summed E-state index contributed by atoms with van der Waals surface area (Å²) in [5.74, 6) is -2.34. The largest absolute Gasteiger partial charge is 0.480 e. The summed E-state index contributed by atoms with van der Waals surface area (Å²) in [6.07, 6.45) is -5.29. The molecular formula is C10H9BrF3NO4S. The van der Waals surface area contributed by atoms with Crippen LogP contribution in [0.25, 0.3) is 0 Å². The molecule has 0 amide bonds. The number of alkyl halides is 3. The number of carboxylic acid groups (broad SMARTS) is 1. The van der Waals surface area contributed by atoms with Crippen LogP contribution in [0.2, 0.25) is 0 Å². The number of hydrogen-bond donors (Lipinski definition) is 2. The predicted octanol–water partition coefficient (Wildman–Crippen LogP) is 2.13. The molecule has 10 heteroatoms. The Balaban J connectivity index is 3.24. The predicted molar refractivity (Wildman–Crippen MR) is 66.6 cm³/mol. The zero-order valence-electron chi connectivity index (χ0n) is 9.90. The van der Waals surface area contributed by atoms with E-state index in [1.807, 2.05) is 0 Å². The van der Waals surface area contributed by atoms with Gasteiger partial charge >= 0.3 is 12.1 Å². The average molecular weight is 376 g/mol. The van der Waals surface area contributed by atoms with Gasteiger partial charge in [0.1, 0.15) is 0 Å². The molecule has 0 aliphatic rings. The van der Waals surface area contributed by atoms with Crippen molar-refractivity contribution in [3.05, 3.63) is 28.7 Å². The molecule has 112 valence electrons. The van der Waals surface area contributed by atoms with Crippen LogP contribution in [-0.2, 0) is 14.8 Å². The van der Waals surface area contributed by atoms with Gasteiger partial charge in [-0.3, -0.25) is 0 Å². The quantitative estimate of drug-likeness (QED) is 0.844. The molecule has 20 heavy (non-hydrogen) atoms. The molecule has 5 nitrogen and oxygen atoms in total. The van der Waals surface area contributed by atoms with Gasteiger partial charge in [0.15, 0.2) is 0 Å². The third-order valence-electron chi connectivity index (χ3n) is 2.46. The van der Waals surface area contributed by atoms with Gasteiger partial charge in [0, 0.05) is 4.47 Å². The zero-order valence-corrected chi connectivity index (χ0v) is 12.3. The van der Waals surface area contributed by atoms with E-state index in [-0.39, 0.29) is 6.92 Å². The summed E-state index contributed by atoms with van der Waals surface area (Å²) in [4.78, 5) is 10.3. The van der Waals surface area contributed by atoms with Crippen molar-refractivity contribution in [1.82, 2.24) is 4.72 Å². The molecule has 1 rings (SSSR count). The lowest BCUT2D eigenvalue weighted by molar-refractivity contribution is -0.201.